The van der Waals surface area contributed by atoms with E-state index in [1.807, 2.05) is 0 Å². The van der Waals surface area contributed by atoms with E-state index in [1.165, 1.54) is 0 Å². The van der Waals surface area contributed by atoms with Crippen LogP contribution in [0.15, 0.2) is 48.5 Å². The van der Waals surface area contributed by atoms with Gasteiger partial charge < -0.3 is 9.84 Å². The van der Waals surface area contributed by atoms with Gasteiger partial charge in [-0.15, -0.1) is 0 Å². The molecule has 4 rings (SSSR count). The highest BCUT2D eigenvalue weighted by Gasteiger charge is 2.35. The molecule has 2 aliphatic rings. The van der Waals surface area contributed by atoms with Gasteiger partial charge in [-0.2, -0.15) is 0 Å². The van der Waals surface area contributed by atoms with E-state index in [-0.39, 0.29) is 30.7 Å². The number of imide groups is 1. The first kappa shape index (κ1) is 17.2. The number of amides is 2. The number of carbonyl (C=O) groups excluding carboxylic acids is 2. The number of benzene rings is 2. The molecule has 5 heteroatoms. The lowest BCUT2D eigenvalue weighted by Gasteiger charge is -2.22. The Morgan fingerprint density at radius 3 is 2.41 bits per heavy atom. The summed E-state index contributed by atoms with van der Waals surface area (Å²) in [6.07, 6.45) is 4.08. The van der Waals surface area contributed by atoms with Crippen LogP contribution in [0.2, 0.25) is 0 Å². The fraction of sp³-hybridized carbons (Fsp3) is 0.417. The van der Waals surface area contributed by atoms with E-state index in [0.717, 1.165) is 37.0 Å². The van der Waals surface area contributed by atoms with Gasteiger partial charge in [-0.05, 0) is 55.0 Å². The van der Waals surface area contributed by atoms with Crippen LogP contribution in [0, 0.1) is 5.92 Å². The molecule has 5 nitrogen and oxygen atoms in total. The monoisotopic (exact) mass is 395 g/mol. The Bertz CT molecular complexity index is 937. The molecule has 152 valence electrons. The minimum absolute atomic E-state index is 0.0987. The van der Waals surface area contributed by atoms with Crippen molar-refractivity contribution in [3.05, 3.63) is 65.2 Å². The van der Waals surface area contributed by atoms with Crippen LogP contribution in [0.4, 0.5) is 0 Å². The molecule has 1 aliphatic carbocycles. The lowest BCUT2D eigenvalue weighted by atomic mass is 9.90. The summed E-state index contributed by atoms with van der Waals surface area (Å²) in [5.74, 6) is -0.451. The van der Waals surface area contributed by atoms with Gasteiger partial charge in [0.15, 0.2) is 0 Å². The van der Waals surface area contributed by atoms with Crippen molar-refractivity contribution < 1.29 is 22.2 Å². The zero-order valence-electron chi connectivity index (χ0n) is 18.3. The SMILES string of the molecule is [2H]C([2H])(Oc1cccc([C@H](O)CCN2C(=O)c3ccccc3C2=O)c1)C1CCCCC1. The second-order valence-corrected chi connectivity index (χ2v) is 7.74. The van der Waals surface area contributed by atoms with Crippen LogP contribution >= 0.6 is 0 Å². The Balaban J connectivity index is 1.39. The quantitative estimate of drug-likeness (QED) is 0.707. The summed E-state index contributed by atoms with van der Waals surface area (Å²) in [5, 5.41) is 10.6. The maximum atomic E-state index is 12.5. The van der Waals surface area contributed by atoms with E-state index < -0.39 is 12.7 Å². The molecular weight excluding hydrogens is 366 g/mol. The molecule has 0 bridgehead atoms. The second kappa shape index (κ2) is 8.78. The second-order valence-electron chi connectivity index (χ2n) is 7.74. The highest BCUT2D eigenvalue weighted by atomic mass is 16.5. The summed E-state index contributed by atoms with van der Waals surface area (Å²) >= 11 is 0. The van der Waals surface area contributed by atoms with Crippen molar-refractivity contribution in [2.45, 2.75) is 44.6 Å². The van der Waals surface area contributed by atoms with Gasteiger partial charge in [0.2, 0.25) is 0 Å². The summed E-state index contributed by atoms with van der Waals surface area (Å²) in [6, 6.07) is 13.5. The van der Waals surface area contributed by atoms with Crippen molar-refractivity contribution in [2.75, 3.05) is 13.1 Å². The van der Waals surface area contributed by atoms with Crippen LogP contribution in [-0.4, -0.2) is 34.9 Å². The van der Waals surface area contributed by atoms with Gasteiger partial charge in [-0.25, -0.2) is 0 Å². The normalized spacial score (nSPS) is 19.6. The molecule has 2 aromatic carbocycles. The number of rotatable bonds is 7. The molecule has 1 aliphatic heterocycles. The van der Waals surface area contributed by atoms with Crippen LogP contribution < -0.4 is 4.74 Å². The van der Waals surface area contributed by atoms with E-state index in [1.54, 1.807) is 48.5 Å². The first-order valence-corrected chi connectivity index (χ1v) is 10.3. The lowest BCUT2D eigenvalue weighted by molar-refractivity contribution is 0.0622. The predicted molar refractivity (Wildman–Crippen MR) is 110 cm³/mol. The van der Waals surface area contributed by atoms with Gasteiger partial charge in [0, 0.05) is 6.54 Å². The topological polar surface area (TPSA) is 66.8 Å². The van der Waals surface area contributed by atoms with Crippen LogP contribution in [0.3, 0.4) is 0 Å². The third-order valence-electron chi connectivity index (χ3n) is 5.70. The standard InChI is InChI=1S/C24H27NO4/c26-22(13-14-25-23(27)20-11-4-5-12-21(20)24(25)28)18-9-6-10-19(15-18)29-16-17-7-2-1-3-8-17/h4-6,9-12,15,17,22,26H,1-3,7-8,13-14,16H2/t22-/m1/s1/i16D2. The Morgan fingerprint density at radius 1 is 1.03 bits per heavy atom. The molecule has 0 spiro atoms. The summed E-state index contributed by atoms with van der Waals surface area (Å²) in [4.78, 5) is 26.1. The minimum Gasteiger partial charge on any atom is -0.493 e. The number of aliphatic hydroxyl groups is 1. The fourth-order valence-corrected chi connectivity index (χ4v) is 4.02. The van der Waals surface area contributed by atoms with E-state index in [9.17, 15) is 14.7 Å². The Labute approximate surface area is 174 Å². The first-order valence-electron chi connectivity index (χ1n) is 11.3. The van der Waals surface area contributed by atoms with Crippen molar-refractivity contribution in [3.8, 4) is 5.75 Å². The molecule has 2 aromatic rings. The van der Waals surface area contributed by atoms with Crippen molar-refractivity contribution in [2.24, 2.45) is 5.92 Å². The number of nitrogens with zero attached hydrogens (tertiary/aromatic N) is 1. The van der Waals surface area contributed by atoms with Crippen molar-refractivity contribution in [1.29, 1.82) is 0 Å². The van der Waals surface area contributed by atoms with Crippen molar-refractivity contribution >= 4 is 11.8 Å². The van der Waals surface area contributed by atoms with Gasteiger partial charge >= 0.3 is 0 Å². The molecular formula is C24H27NO4. The first-order chi connectivity index (χ1) is 14.9. The van der Waals surface area contributed by atoms with E-state index in [2.05, 4.69) is 0 Å². The maximum absolute atomic E-state index is 12.5. The van der Waals surface area contributed by atoms with E-state index in [0.29, 0.717) is 22.4 Å². The number of hydrogen-bond acceptors (Lipinski definition) is 4. The smallest absolute Gasteiger partial charge is 0.261 e. The number of hydrogen-bond donors (Lipinski definition) is 1. The molecule has 2 amide bonds. The van der Waals surface area contributed by atoms with Gasteiger partial charge in [0.1, 0.15) is 5.75 Å². The zero-order chi connectivity index (χ0) is 22.0. The molecule has 0 radical (unpaired) electrons. The van der Waals surface area contributed by atoms with Crippen LogP contribution in [-0.2, 0) is 0 Å². The Kier molecular flexibility index (Phi) is 5.22. The maximum Gasteiger partial charge on any atom is 0.261 e. The van der Waals surface area contributed by atoms with Gasteiger partial charge in [-0.3, -0.25) is 14.5 Å². The molecule has 0 aromatic heterocycles. The molecule has 0 saturated heterocycles. The van der Waals surface area contributed by atoms with Crippen molar-refractivity contribution in [1.82, 2.24) is 4.90 Å². The predicted octanol–water partition coefficient (Wildman–Crippen LogP) is 4.37. The van der Waals surface area contributed by atoms with Gasteiger partial charge in [0.25, 0.3) is 11.8 Å². The van der Waals surface area contributed by atoms with Gasteiger partial charge in [-0.1, -0.05) is 43.5 Å². The minimum atomic E-state index is -1.76. The van der Waals surface area contributed by atoms with Crippen LogP contribution in [0.25, 0.3) is 0 Å². The number of aliphatic hydroxyl groups excluding tert-OH is 1. The number of ether oxygens (including phenoxy) is 1. The molecule has 1 N–H and O–H groups in total. The molecule has 1 fully saturated rings. The molecule has 0 unspecified atom stereocenters. The fourth-order valence-electron chi connectivity index (χ4n) is 4.02. The number of carbonyl (C=O) groups is 2. The van der Waals surface area contributed by atoms with E-state index in [4.69, 9.17) is 7.48 Å². The highest BCUT2D eigenvalue weighted by Crippen LogP contribution is 2.28. The number of fused-ring (bicyclic) bond motifs is 1. The third-order valence-corrected chi connectivity index (χ3v) is 5.70. The van der Waals surface area contributed by atoms with E-state index >= 15 is 0 Å². The Morgan fingerprint density at radius 2 is 1.72 bits per heavy atom. The summed E-state index contributed by atoms with van der Waals surface area (Å²) in [6.45, 7) is -1.66. The average molecular weight is 395 g/mol. The zero-order valence-corrected chi connectivity index (χ0v) is 16.3. The summed E-state index contributed by atoms with van der Waals surface area (Å²) < 4.78 is 22.4. The molecule has 1 atom stereocenters. The average Bonchev–Trinajstić information content (AvgIpc) is 3.02. The molecule has 1 heterocycles. The van der Waals surface area contributed by atoms with Gasteiger partial charge in [0.05, 0.1) is 26.5 Å². The summed E-state index contributed by atoms with van der Waals surface area (Å²) in [5.41, 5.74) is 1.35. The highest BCUT2D eigenvalue weighted by molar-refractivity contribution is 6.21. The third kappa shape index (κ3) is 4.35. The molecule has 29 heavy (non-hydrogen) atoms. The van der Waals surface area contributed by atoms with Crippen LogP contribution in [0.5, 0.6) is 5.75 Å². The molecule has 1 saturated carbocycles. The largest absolute Gasteiger partial charge is 0.493 e. The Hall–Kier alpha value is -2.66. The van der Waals surface area contributed by atoms with Crippen molar-refractivity contribution in [3.63, 3.8) is 0 Å². The summed E-state index contributed by atoms with van der Waals surface area (Å²) in [7, 11) is 0. The lowest BCUT2D eigenvalue weighted by Crippen LogP contribution is -2.31. The van der Waals surface area contributed by atoms with Crippen LogP contribution in [0.1, 0.15) is 73.6 Å².